The number of nitrogens with zero attached hydrogens (tertiary/aromatic N) is 4. The number of carbonyl (C=O) groups excluding carboxylic acids is 1. The maximum absolute atomic E-state index is 12.2. The van der Waals surface area contributed by atoms with Crippen molar-refractivity contribution >= 4 is 17.7 Å². The standard InChI is InChI=1S/C17H23N5OS/c1-12-5-3-4-6-14(12)19-15(23)11-24-17-21-20-16(22(17)2)13-7-9-18-10-8-13/h7-10,12,14H,3-6,11H2,1-2H3,(H,19,23)/t12-,14-/m1/s1. The maximum Gasteiger partial charge on any atom is 0.230 e. The number of hydrogen-bond donors (Lipinski definition) is 1. The van der Waals surface area contributed by atoms with Crippen molar-refractivity contribution in [3.8, 4) is 11.4 Å². The maximum atomic E-state index is 12.2. The molecular weight excluding hydrogens is 322 g/mol. The van der Waals surface area contributed by atoms with Gasteiger partial charge in [-0.05, 0) is 30.9 Å². The minimum Gasteiger partial charge on any atom is -0.352 e. The van der Waals surface area contributed by atoms with E-state index in [0.29, 0.717) is 17.7 Å². The van der Waals surface area contributed by atoms with Crippen LogP contribution in [0.25, 0.3) is 11.4 Å². The molecule has 1 fully saturated rings. The molecule has 2 atom stereocenters. The molecule has 7 heteroatoms. The van der Waals surface area contributed by atoms with Gasteiger partial charge in [0.2, 0.25) is 5.91 Å². The smallest absolute Gasteiger partial charge is 0.230 e. The fraction of sp³-hybridized carbons (Fsp3) is 0.529. The summed E-state index contributed by atoms with van der Waals surface area (Å²) in [6.07, 6.45) is 8.25. The molecule has 0 saturated heterocycles. The lowest BCUT2D eigenvalue weighted by Crippen LogP contribution is -2.41. The van der Waals surface area contributed by atoms with E-state index in [9.17, 15) is 4.79 Å². The lowest BCUT2D eigenvalue weighted by atomic mass is 9.86. The molecule has 2 heterocycles. The number of hydrogen-bond acceptors (Lipinski definition) is 5. The van der Waals surface area contributed by atoms with Crippen LogP contribution >= 0.6 is 11.8 Å². The van der Waals surface area contributed by atoms with Gasteiger partial charge < -0.3 is 9.88 Å². The highest BCUT2D eigenvalue weighted by molar-refractivity contribution is 7.99. The molecular formula is C17H23N5OS. The molecule has 1 amide bonds. The summed E-state index contributed by atoms with van der Waals surface area (Å²) in [5.41, 5.74) is 0.965. The molecule has 6 nitrogen and oxygen atoms in total. The molecule has 0 aromatic carbocycles. The highest BCUT2D eigenvalue weighted by Gasteiger charge is 2.23. The fourth-order valence-electron chi connectivity index (χ4n) is 3.10. The molecule has 1 N–H and O–H groups in total. The van der Waals surface area contributed by atoms with Gasteiger partial charge in [0.1, 0.15) is 0 Å². The molecule has 24 heavy (non-hydrogen) atoms. The molecule has 2 aromatic rings. The van der Waals surface area contributed by atoms with E-state index >= 15 is 0 Å². The normalized spacial score (nSPS) is 20.8. The van der Waals surface area contributed by atoms with E-state index in [-0.39, 0.29) is 5.91 Å². The summed E-state index contributed by atoms with van der Waals surface area (Å²) in [6, 6.07) is 4.12. The van der Waals surface area contributed by atoms with Crippen LogP contribution in [0.5, 0.6) is 0 Å². The second kappa shape index (κ2) is 7.79. The predicted molar refractivity (Wildman–Crippen MR) is 94.5 cm³/mol. The van der Waals surface area contributed by atoms with Crippen molar-refractivity contribution in [3.63, 3.8) is 0 Å². The van der Waals surface area contributed by atoms with E-state index in [1.54, 1.807) is 12.4 Å². The monoisotopic (exact) mass is 345 g/mol. The first-order chi connectivity index (χ1) is 11.6. The fourth-order valence-corrected chi connectivity index (χ4v) is 3.82. The van der Waals surface area contributed by atoms with Crippen LogP contribution in [0, 0.1) is 5.92 Å². The average molecular weight is 345 g/mol. The summed E-state index contributed by atoms with van der Waals surface area (Å²) in [7, 11) is 1.92. The van der Waals surface area contributed by atoms with E-state index in [4.69, 9.17) is 0 Å². The summed E-state index contributed by atoms with van der Waals surface area (Å²) in [6.45, 7) is 2.22. The first-order valence-electron chi connectivity index (χ1n) is 8.37. The van der Waals surface area contributed by atoms with Crippen molar-refractivity contribution in [3.05, 3.63) is 24.5 Å². The Kier molecular flexibility index (Phi) is 5.50. The number of aromatic nitrogens is 4. The Morgan fingerprint density at radius 1 is 1.29 bits per heavy atom. The van der Waals surface area contributed by atoms with Crippen molar-refractivity contribution in [2.24, 2.45) is 13.0 Å². The van der Waals surface area contributed by atoms with Crippen molar-refractivity contribution in [2.75, 3.05) is 5.75 Å². The number of thioether (sulfide) groups is 1. The van der Waals surface area contributed by atoms with Crippen LogP contribution in [0.1, 0.15) is 32.6 Å². The van der Waals surface area contributed by atoms with Crippen LogP contribution in [0.15, 0.2) is 29.7 Å². The largest absolute Gasteiger partial charge is 0.352 e. The van der Waals surface area contributed by atoms with Gasteiger partial charge in [0.05, 0.1) is 5.75 Å². The minimum absolute atomic E-state index is 0.0761. The minimum atomic E-state index is 0.0761. The Morgan fingerprint density at radius 3 is 2.79 bits per heavy atom. The van der Waals surface area contributed by atoms with Crippen LogP contribution < -0.4 is 5.32 Å². The number of pyridine rings is 1. The molecule has 0 bridgehead atoms. The van der Waals surface area contributed by atoms with E-state index in [2.05, 4.69) is 27.4 Å². The number of amides is 1. The SMILES string of the molecule is C[C@@H]1CCCC[C@H]1NC(=O)CSc1nnc(-c2ccncc2)n1C. The Bertz CT molecular complexity index is 688. The molecule has 0 radical (unpaired) electrons. The molecule has 2 aromatic heterocycles. The second-order valence-corrected chi connectivity index (χ2v) is 7.27. The zero-order valence-corrected chi connectivity index (χ0v) is 14.9. The van der Waals surface area contributed by atoms with Crippen LogP contribution in [0.2, 0.25) is 0 Å². The van der Waals surface area contributed by atoms with Gasteiger partial charge in [-0.1, -0.05) is 31.5 Å². The molecule has 1 aliphatic carbocycles. The highest BCUT2D eigenvalue weighted by Crippen LogP contribution is 2.25. The highest BCUT2D eigenvalue weighted by atomic mass is 32.2. The molecule has 1 aliphatic rings. The van der Waals surface area contributed by atoms with E-state index < -0.39 is 0 Å². The van der Waals surface area contributed by atoms with E-state index in [1.807, 2.05) is 23.7 Å². The Balaban J connectivity index is 1.57. The van der Waals surface area contributed by atoms with Crippen molar-refractivity contribution in [1.29, 1.82) is 0 Å². The van der Waals surface area contributed by atoms with Crippen LogP contribution in [0.4, 0.5) is 0 Å². The second-order valence-electron chi connectivity index (χ2n) is 6.33. The van der Waals surface area contributed by atoms with Gasteiger partial charge in [-0.15, -0.1) is 10.2 Å². The van der Waals surface area contributed by atoms with Crippen molar-refractivity contribution in [2.45, 2.75) is 43.8 Å². The van der Waals surface area contributed by atoms with Crippen LogP contribution in [-0.2, 0) is 11.8 Å². The summed E-state index contributed by atoms with van der Waals surface area (Å²) < 4.78 is 1.91. The van der Waals surface area contributed by atoms with Crippen LogP contribution in [0.3, 0.4) is 0 Å². The Hall–Kier alpha value is -1.89. The zero-order chi connectivity index (χ0) is 16.9. The first kappa shape index (κ1) is 17.0. The number of carbonyl (C=O) groups is 1. The summed E-state index contributed by atoms with van der Waals surface area (Å²) in [4.78, 5) is 16.2. The third-order valence-electron chi connectivity index (χ3n) is 4.56. The third-order valence-corrected chi connectivity index (χ3v) is 5.58. The molecule has 0 unspecified atom stereocenters. The Labute approximate surface area is 146 Å². The molecule has 128 valence electrons. The zero-order valence-electron chi connectivity index (χ0n) is 14.1. The number of rotatable bonds is 5. The summed E-state index contributed by atoms with van der Waals surface area (Å²) in [5.74, 6) is 1.79. The van der Waals surface area contributed by atoms with Gasteiger partial charge in [-0.2, -0.15) is 0 Å². The number of nitrogens with one attached hydrogen (secondary N) is 1. The molecule has 3 rings (SSSR count). The van der Waals surface area contributed by atoms with Gasteiger partial charge in [0.25, 0.3) is 0 Å². The van der Waals surface area contributed by atoms with E-state index in [1.165, 1.54) is 31.0 Å². The molecule has 0 spiro atoms. The van der Waals surface area contributed by atoms with Gasteiger partial charge in [-0.3, -0.25) is 9.78 Å². The first-order valence-corrected chi connectivity index (χ1v) is 9.35. The molecule has 0 aliphatic heterocycles. The Morgan fingerprint density at radius 2 is 2.04 bits per heavy atom. The van der Waals surface area contributed by atoms with Gasteiger partial charge in [-0.25, -0.2) is 0 Å². The van der Waals surface area contributed by atoms with Crippen molar-refractivity contribution in [1.82, 2.24) is 25.1 Å². The summed E-state index contributed by atoms with van der Waals surface area (Å²) >= 11 is 1.42. The quantitative estimate of drug-likeness (QED) is 0.844. The van der Waals surface area contributed by atoms with E-state index in [0.717, 1.165) is 23.0 Å². The lowest BCUT2D eigenvalue weighted by Gasteiger charge is -2.29. The average Bonchev–Trinajstić information content (AvgIpc) is 2.97. The molecule has 1 saturated carbocycles. The topological polar surface area (TPSA) is 72.7 Å². The van der Waals surface area contributed by atoms with Crippen molar-refractivity contribution < 1.29 is 4.79 Å². The van der Waals surface area contributed by atoms with Gasteiger partial charge in [0, 0.05) is 31.0 Å². The van der Waals surface area contributed by atoms with Gasteiger partial charge in [0.15, 0.2) is 11.0 Å². The van der Waals surface area contributed by atoms with Gasteiger partial charge >= 0.3 is 0 Å². The predicted octanol–water partition coefficient (Wildman–Crippen LogP) is 2.66. The van der Waals surface area contributed by atoms with Crippen LogP contribution in [-0.4, -0.2) is 37.5 Å². The summed E-state index contributed by atoms with van der Waals surface area (Å²) in [5, 5.41) is 12.3. The third kappa shape index (κ3) is 3.95. The lowest BCUT2D eigenvalue weighted by molar-refractivity contribution is -0.119.